The number of benzene rings is 2. The van der Waals surface area contributed by atoms with E-state index in [4.69, 9.17) is 14.2 Å². The summed E-state index contributed by atoms with van der Waals surface area (Å²) < 4.78 is 16.1. The molecule has 0 saturated heterocycles. The maximum atomic E-state index is 12.3. The topological polar surface area (TPSA) is 56.8 Å². The van der Waals surface area contributed by atoms with Crippen molar-refractivity contribution in [2.75, 3.05) is 25.6 Å². The Kier molecular flexibility index (Phi) is 7.29. The van der Waals surface area contributed by atoms with Crippen LogP contribution in [0.5, 0.6) is 11.5 Å². The molecule has 0 aliphatic carbocycles. The minimum atomic E-state index is -0.592. The van der Waals surface area contributed by atoms with E-state index in [1.165, 1.54) is 5.56 Å². The first-order valence-electron chi connectivity index (χ1n) is 8.40. The van der Waals surface area contributed by atoms with Gasteiger partial charge in [0, 0.05) is 12.8 Å². The number of ether oxygens (including phenoxy) is 3. The van der Waals surface area contributed by atoms with Gasteiger partial charge >= 0.3 is 0 Å². The van der Waals surface area contributed by atoms with Gasteiger partial charge in [0.25, 0.3) is 5.91 Å². The monoisotopic (exact) mass is 343 g/mol. The van der Waals surface area contributed by atoms with Crippen LogP contribution in [-0.4, -0.2) is 32.3 Å². The highest BCUT2D eigenvalue weighted by Crippen LogP contribution is 2.17. The molecule has 0 heterocycles. The highest BCUT2D eigenvalue weighted by atomic mass is 16.5. The van der Waals surface area contributed by atoms with Crippen LogP contribution in [0.4, 0.5) is 5.69 Å². The fourth-order valence-electron chi connectivity index (χ4n) is 2.18. The minimum Gasteiger partial charge on any atom is -0.491 e. The van der Waals surface area contributed by atoms with Crippen molar-refractivity contribution in [3.8, 4) is 11.5 Å². The van der Waals surface area contributed by atoms with Gasteiger partial charge in [-0.15, -0.1) is 0 Å². The van der Waals surface area contributed by atoms with Gasteiger partial charge in [-0.25, -0.2) is 0 Å². The van der Waals surface area contributed by atoms with Crippen molar-refractivity contribution < 1.29 is 19.0 Å². The smallest absolute Gasteiger partial charge is 0.265 e. The van der Waals surface area contributed by atoms with E-state index in [1.54, 1.807) is 38.3 Å². The predicted molar refractivity (Wildman–Crippen MR) is 98.4 cm³/mol. The number of amides is 1. The Labute approximate surface area is 148 Å². The molecule has 5 heteroatoms. The molecule has 0 fully saturated rings. The molecule has 1 amide bonds. The lowest BCUT2D eigenvalue weighted by atomic mass is 10.2. The van der Waals surface area contributed by atoms with Crippen molar-refractivity contribution >= 4 is 11.6 Å². The zero-order valence-corrected chi connectivity index (χ0v) is 15.0. The summed E-state index contributed by atoms with van der Waals surface area (Å²) in [5.41, 5.74) is 1.93. The predicted octanol–water partition coefficient (Wildman–Crippen LogP) is 3.68. The molecule has 5 nitrogen and oxygen atoms in total. The lowest BCUT2D eigenvalue weighted by molar-refractivity contribution is -0.122. The Balaban J connectivity index is 1.85. The van der Waals surface area contributed by atoms with Crippen LogP contribution >= 0.6 is 0 Å². The van der Waals surface area contributed by atoms with Crippen LogP contribution in [0.15, 0.2) is 48.5 Å². The van der Waals surface area contributed by atoms with Crippen LogP contribution in [0.1, 0.15) is 19.4 Å². The molecule has 0 aliphatic heterocycles. The molecule has 1 N–H and O–H groups in total. The van der Waals surface area contributed by atoms with Gasteiger partial charge in [0.1, 0.15) is 18.1 Å². The number of carbonyl (C=O) groups is 1. The average molecular weight is 343 g/mol. The van der Waals surface area contributed by atoms with Crippen molar-refractivity contribution in [2.24, 2.45) is 0 Å². The highest BCUT2D eigenvalue weighted by molar-refractivity contribution is 5.94. The summed E-state index contributed by atoms with van der Waals surface area (Å²) in [6.07, 6.45) is 0.381. The van der Waals surface area contributed by atoms with Gasteiger partial charge in [-0.05, 0) is 55.3 Å². The van der Waals surface area contributed by atoms with E-state index >= 15 is 0 Å². The molecule has 1 atom stereocenters. The van der Waals surface area contributed by atoms with Gasteiger partial charge in [-0.1, -0.05) is 19.1 Å². The van der Waals surface area contributed by atoms with E-state index in [2.05, 4.69) is 12.2 Å². The van der Waals surface area contributed by atoms with Crippen LogP contribution in [0.3, 0.4) is 0 Å². The number of methoxy groups -OCH3 is 1. The molecule has 134 valence electrons. The van der Waals surface area contributed by atoms with E-state index < -0.39 is 6.10 Å². The van der Waals surface area contributed by atoms with Crippen molar-refractivity contribution in [3.05, 3.63) is 54.1 Å². The number of nitrogens with one attached hydrogen (secondary N) is 1. The summed E-state index contributed by atoms with van der Waals surface area (Å²) in [6, 6.07) is 15.0. The van der Waals surface area contributed by atoms with Gasteiger partial charge in [-0.2, -0.15) is 0 Å². The quantitative estimate of drug-likeness (QED) is 0.706. The summed E-state index contributed by atoms with van der Waals surface area (Å²) in [7, 11) is 1.63. The zero-order valence-electron chi connectivity index (χ0n) is 15.0. The number of carbonyl (C=O) groups excluding carboxylic acids is 1. The summed E-state index contributed by atoms with van der Waals surface area (Å²) in [4.78, 5) is 12.3. The number of rotatable bonds is 9. The fraction of sp³-hybridized carbons (Fsp3) is 0.350. The second kappa shape index (κ2) is 9.69. The van der Waals surface area contributed by atoms with E-state index in [0.29, 0.717) is 24.7 Å². The van der Waals surface area contributed by atoms with Crippen molar-refractivity contribution in [1.29, 1.82) is 0 Å². The largest absolute Gasteiger partial charge is 0.491 e. The van der Waals surface area contributed by atoms with Gasteiger partial charge in [-0.3, -0.25) is 4.79 Å². The summed E-state index contributed by atoms with van der Waals surface area (Å²) in [5.74, 6) is 1.21. The standard InChI is InChI=1S/C20H25NO4/c1-4-16-5-9-19(10-6-16)25-15(2)20(22)21-17-7-11-18(12-8-17)24-14-13-23-3/h5-12,15H,4,13-14H2,1-3H3,(H,21,22). The maximum absolute atomic E-state index is 12.3. The molecular formula is C20H25NO4. The molecule has 2 aromatic rings. The fourth-order valence-corrected chi connectivity index (χ4v) is 2.18. The SMILES string of the molecule is CCc1ccc(OC(C)C(=O)Nc2ccc(OCCOC)cc2)cc1. The summed E-state index contributed by atoms with van der Waals surface area (Å²) in [5, 5.41) is 2.83. The summed E-state index contributed by atoms with van der Waals surface area (Å²) >= 11 is 0. The third-order valence-corrected chi connectivity index (χ3v) is 3.69. The Bertz CT molecular complexity index is 652. The average Bonchev–Trinajstić information content (AvgIpc) is 2.64. The Morgan fingerprint density at radius 1 is 1.00 bits per heavy atom. The first-order valence-corrected chi connectivity index (χ1v) is 8.40. The van der Waals surface area contributed by atoms with Crippen LogP contribution in [0.25, 0.3) is 0 Å². The van der Waals surface area contributed by atoms with Gasteiger partial charge in [0.05, 0.1) is 6.61 Å². The minimum absolute atomic E-state index is 0.201. The lowest BCUT2D eigenvalue weighted by Gasteiger charge is -2.15. The molecular weight excluding hydrogens is 318 g/mol. The Morgan fingerprint density at radius 2 is 1.64 bits per heavy atom. The second-order valence-corrected chi connectivity index (χ2v) is 5.61. The Hall–Kier alpha value is -2.53. The first kappa shape index (κ1) is 18.8. The summed E-state index contributed by atoms with van der Waals surface area (Å²) in [6.45, 7) is 4.85. The number of hydrogen-bond donors (Lipinski definition) is 1. The Morgan fingerprint density at radius 3 is 2.24 bits per heavy atom. The van der Waals surface area contributed by atoms with E-state index in [0.717, 1.165) is 12.2 Å². The van der Waals surface area contributed by atoms with Gasteiger partial charge in [0.2, 0.25) is 0 Å². The molecule has 2 rings (SSSR count). The molecule has 0 saturated carbocycles. The van der Waals surface area contributed by atoms with Gasteiger partial charge < -0.3 is 19.5 Å². The zero-order chi connectivity index (χ0) is 18.1. The second-order valence-electron chi connectivity index (χ2n) is 5.61. The third kappa shape index (κ3) is 6.12. The number of aryl methyl sites for hydroxylation is 1. The molecule has 0 bridgehead atoms. The van der Waals surface area contributed by atoms with Crippen LogP contribution in [0, 0.1) is 0 Å². The highest BCUT2D eigenvalue weighted by Gasteiger charge is 2.15. The lowest BCUT2D eigenvalue weighted by Crippen LogP contribution is -2.30. The van der Waals surface area contributed by atoms with Crippen molar-refractivity contribution in [2.45, 2.75) is 26.4 Å². The normalized spacial score (nSPS) is 11.6. The van der Waals surface area contributed by atoms with Crippen LogP contribution in [0.2, 0.25) is 0 Å². The van der Waals surface area contributed by atoms with Crippen LogP contribution < -0.4 is 14.8 Å². The molecule has 2 aromatic carbocycles. The first-order chi connectivity index (χ1) is 12.1. The molecule has 0 spiro atoms. The molecule has 25 heavy (non-hydrogen) atoms. The number of anilines is 1. The molecule has 0 aromatic heterocycles. The van der Waals surface area contributed by atoms with E-state index in [9.17, 15) is 4.79 Å². The van der Waals surface area contributed by atoms with Gasteiger partial charge in [0.15, 0.2) is 6.10 Å². The van der Waals surface area contributed by atoms with E-state index in [-0.39, 0.29) is 5.91 Å². The van der Waals surface area contributed by atoms with E-state index in [1.807, 2.05) is 24.3 Å². The third-order valence-electron chi connectivity index (χ3n) is 3.69. The van der Waals surface area contributed by atoms with Crippen molar-refractivity contribution in [1.82, 2.24) is 0 Å². The number of hydrogen-bond acceptors (Lipinski definition) is 4. The molecule has 0 aliphatic rings. The van der Waals surface area contributed by atoms with Crippen LogP contribution in [-0.2, 0) is 16.0 Å². The maximum Gasteiger partial charge on any atom is 0.265 e. The van der Waals surface area contributed by atoms with Crippen molar-refractivity contribution in [3.63, 3.8) is 0 Å². The molecule has 0 radical (unpaired) electrons. The molecule has 1 unspecified atom stereocenters.